The minimum absolute atomic E-state index is 0.349. The summed E-state index contributed by atoms with van der Waals surface area (Å²) < 4.78 is 10.2. The lowest BCUT2D eigenvalue weighted by molar-refractivity contribution is 0.353. The monoisotopic (exact) mass is 327 g/mol. The molecule has 0 aliphatic rings. The van der Waals surface area contributed by atoms with E-state index in [-0.39, 0.29) is 6.04 Å². The van der Waals surface area contributed by atoms with E-state index in [0.717, 1.165) is 5.56 Å². The number of hydrogen-bond donors (Lipinski definition) is 1. The average molecular weight is 328 g/mol. The predicted molar refractivity (Wildman–Crippen MR) is 82.2 cm³/mol. The van der Waals surface area contributed by atoms with Crippen LogP contribution >= 0.6 is 23.2 Å². The summed E-state index contributed by atoms with van der Waals surface area (Å²) in [4.78, 5) is 8.43. The molecule has 0 aliphatic heterocycles. The minimum Gasteiger partial charge on any atom is -0.480 e. The highest BCUT2D eigenvalue weighted by molar-refractivity contribution is 6.42. The first kappa shape index (κ1) is 15.8. The van der Waals surface area contributed by atoms with Gasteiger partial charge in [-0.15, -0.1) is 0 Å². The molecule has 5 nitrogen and oxygen atoms in total. The van der Waals surface area contributed by atoms with Crippen LogP contribution in [0.5, 0.6) is 11.8 Å². The van der Waals surface area contributed by atoms with Gasteiger partial charge in [-0.2, -0.15) is 4.98 Å². The van der Waals surface area contributed by atoms with Gasteiger partial charge in [0.2, 0.25) is 11.8 Å². The Kier molecular flexibility index (Phi) is 5.22. The summed E-state index contributed by atoms with van der Waals surface area (Å²) in [6.45, 7) is 0. The van der Waals surface area contributed by atoms with Crippen LogP contribution in [0.3, 0.4) is 0 Å². The fraction of sp³-hybridized carbons (Fsp3) is 0.286. The molecule has 2 rings (SSSR count). The molecular formula is C14H15Cl2N3O2. The zero-order valence-electron chi connectivity index (χ0n) is 11.6. The van der Waals surface area contributed by atoms with E-state index >= 15 is 0 Å². The molecule has 1 aromatic carbocycles. The number of benzene rings is 1. The average Bonchev–Trinajstić information content (AvgIpc) is 2.50. The van der Waals surface area contributed by atoms with Gasteiger partial charge in [0, 0.05) is 0 Å². The quantitative estimate of drug-likeness (QED) is 0.913. The van der Waals surface area contributed by atoms with Crippen LogP contribution in [0.15, 0.2) is 24.4 Å². The van der Waals surface area contributed by atoms with E-state index in [1.54, 1.807) is 12.1 Å². The Balaban J connectivity index is 2.23. The van der Waals surface area contributed by atoms with Crippen LogP contribution in [-0.2, 0) is 6.42 Å². The summed E-state index contributed by atoms with van der Waals surface area (Å²) in [5.74, 6) is 0.722. The van der Waals surface area contributed by atoms with Crippen molar-refractivity contribution in [2.75, 3.05) is 14.2 Å². The first-order valence-electron chi connectivity index (χ1n) is 6.19. The minimum atomic E-state index is -0.379. The summed E-state index contributed by atoms with van der Waals surface area (Å²) >= 11 is 11.9. The Bertz CT molecular complexity index is 638. The second-order valence-corrected chi connectivity index (χ2v) is 5.18. The standard InChI is InChI=1S/C14H15Cl2N3O2/c1-20-12-7-18-13(14(19-12)21-2)11(17)6-8-3-4-9(15)10(16)5-8/h3-5,7,11H,6,17H2,1-2H3. The maximum atomic E-state index is 6.18. The number of ether oxygens (including phenoxy) is 2. The number of halogens is 2. The lowest BCUT2D eigenvalue weighted by atomic mass is 10.0. The third-order valence-corrected chi connectivity index (χ3v) is 3.68. The third-order valence-electron chi connectivity index (χ3n) is 2.94. The molecular weight excluding hydrogens is 313 g/mol. The van der Waals surface area contributed by atoms with Crippen molar-refractivity contribution >= 4 is 23.2 Å². The molecule has 0 aliphatic carbocycles. The Hall–Kier alpha value is -1.56. The molecule has 2 aromatic rings. The van der Waals surface area contributed by atoms with E-state index < -0.39 is 0 Å². The summed E-state index contributed by atoms with van der Waals surface area (Å²) in [6.07, 6.45) is 2.04. The van der Waals surface area contributed by atoms with E-state index in [1.807, 2.05) is 6.07 Å². The van der Waals surface area contributed by atoms with Gasteiger partial charge in [-0.25, -0.2) is 4.98 Å². The van der Waals surface area contributed by atoms with Gasteiger partial charge in [0.25, 0.3) is 0 Å². The van der Waals surface area contributed by atoms with Gasteiger partial charge in [-0.1, -0.05) is 29.3 Å². The molecule has 0 bridgehead atoms. The topological polar surface area (TPSA) is 70.3 Å². The summed E-state index contributed by atoms with van der Waals surface area (Å²) in [7, 11) is 3.03. The Morgan fingerprint density at radius 3 is 2.57 bits per heavy atom. The Morgan fingerprint density at radius 1 is 1.19 bits per heavy atom. The molecule has 0 saturated carbocycles. The van der Waals surface area contributed by atoms with Crippen molar-refractivity contribution in [3.63, 3.8) is 0 Å². The van der Waals surface area contributed by atoms with Crippen LogP contribution in [0, 0.1) is 0 Å². The fourth-order valence-corrected chi connectivity index (χ4v) is 2.21. The van der Waals surface area contributed by atoms with Gasteiger partial charge in [-0.05, 0) is 24.1 Å². The molecule has 2 N–H and O–H groups in total. The van der Waals surface area contributed by atoms with Crippen LogP contribution in [0.4, 0.5) is 0 Å². The lowest BCUT2D eigenvalue weighted by Gasteiger charge is -2.14. The molecule has 21 heavy (non-hydrogen) atoms. The van der Waals surface area contributed by atoms with Gasteiger partial charge >= 0.3 is 0 Å². The maximum absolute atomic E-state index is 6.18. The fourth-order valence-electron chi connectivity index (χ4n) is 1.89. The van der Waals surface area contributed by atoms with Crippen molar-refractivity contribution in [1.82, 2.24) is 9.97 Å². The zero-order chi connectivity index (χ0) is 15.4. The van der Waals surface area contributed by atoms with Crippen molar-refractivity contribution in [2.24, 2.45) is 5.73 Å². The normalized spacial score (nSPS) is 12.0. The second kappa shape index (κ2) is 6.93. The third kappa shape index (κ3) is 3.75. The molecule has 0 amide bonds. The summed E-state index contributed by atoms with van der Waals surface area (Å²) in [5.41, 5.74) is 7.70. The number of methoxy groups -OCH3 is 2. The van der Waals surface area contributed by atoms with Crippen molar-refractivity contribution in [2.45, 2.75) is 12.5 Å². The highest BCUT2D eigenvalue weighted by atomic mass is 35.5. The van der Waals surface area contributed by atoms with E-state index in [2.05, 4.69) is 9.97 Å². The van der Waals surface area contributed by atoms with Crippen LogP contribution in [0.2, 0.25) is 10.0 Å². The van der Waals surface area contributed by atoms with Crippen LogP contribution < -0.4 is 15.2 Å². The molecule has 1 unspecified atom stereocenters. The zero-order valence-corrected chi connectivity index (χ0v) is 13.1. The molecule has 112 valence electrons. The molecule has 0 fully saturated rings. The number of aromatic nitrogens is 2. The number of nitrogens with two attached hydrogens (primary N) is 1. The molecule has 0 spiro atoms. The van der Waals surface area contributed by atoms with E-state index in [1.165, 1.54) is 20.4 Å². The summed E-state index contributed by atoms with van der Waals surface area (Å²) in [6, 6.07) is 5.02. The molecule has 1 atom stereocenters. The highest BCUT2D eigenvalue weighted by Crippen LogP contribution is 2.27. The van der Waals surface area contributed by atoms with Crippen LogP contribution in [0.1, 0.15) is 17.3 Å². The van der Waals surface area contributed by atoms with Crippen molar-refractivity contribution in [3.8, 4) is 11.8 Å². The lowest BCUT2D eigenvalue weighted by Crippen LogP contribution is -2.17. The van der Waals surface area contributed by atoms with Gasteiger partial charge < -0.3 is 15.2 Å². The first-order valence-corrected chi connectivity index (χ1v) is 6.95. The largest absolute Gasteiger partial charge is 0.480 e. The van der Waals surface area contributed by atoms with Crippen molar-refractivity contribution in [3.05, 3.63) is 45.7 Å². The first-order chi connectivity index (χ1) is 10.0. The van der Waals surface area contributed by atoms with Crippen molar-refractivity contribution in [1.29, 1.82) is 0 Å². The second-order valence-electron chi connectivity index (χ2n) is 4.37. The Morgan fingerprint density at radius 2 is 1.95 bits per heavy atom. The molecule has 1 heterocycles. The number of rotatable bonds is 5. The predicted octanol–water partition coefficient (Wildman–Crippen LogP) is 3.04. The SMILES string of the molecule is COc1cnc(C(N)Cc2ccc(Cl)c(Cl)c2)c(OC)n1. The van der Waals surface area contributed by atoms with E-state index in [4.69, 9.17) is 38.4 Å². The number of hydrogen-bond acceptors (Lipinski definition) is 5. The maximum Gasteiger partial charge on any atom is 0.240 e. The Labute approximate surface area is 133 Å². The van der Waals surface area contributed by atoms with Gasteiger partial charge in [0.05, 0.1) is 36.5 Å². The molecule has 0 radical (unpaired) electrons. The van der Waals surface area contributed by atoms with Crippen molar-refractivity contribution < 1.29 is 9.47 Å². The smallest absolute Gasteiger partial charge is 0.240 e. The van der Waals surface area contributed by atoms with Crippen LogP contribution in [0.25, 0.3) is 0 Å². The number of nitrogens with zero attached hydrogens (tertiary/aromatic N) is 2. The molecule has 0 saturated heterocycles. The van der Waals surface area contributed by atoms with E-state index in [0.29, 0.717) is 33.9 Å². The highest BCUT2D eigenvalue weighted by Gasteiger charge is 2.17. The molecule has 7 heteroatoms. The van der Waals surface area contributed by atoms with Crippen LogP contribution in [-0.4, -0.2) is 24.2 Å². The molecule has 1 aromatic heterocycles. The van der Waals surface area contributed by atoms with E-state index in [9.17, 15) is 0 Å². The van der Waals surface area contributed by atoms with Gasteiger partial charge in [0.15, 0.2) is 0 Å². The van der Waals surface area contributed by atoms with Gasteiger partial charge in [-0.3, -0.25) is 0 Å². The summed E-state index contributed by atoms with van der Waals surface area (Å²) in [5, 5.41) is 1.00. The van der Waals surface area contributed by atoms with Gasteiger partial charge in [0.1, 0.15) is 5.69 Å².